The number of aliphatic hydroxyl groups is 2. The van der Waals surface area contributed by atoms with Gasteiger partial charge in [0.05, 0.1) is 5.52 Å². The summed E-state index contributed by atoms with van der Waals surface area (Å²) in [6.45, 7) is 8.30. The van der Waals surface area contributed by atoms with Crippen LogP contribution in [0.2, 0.25) is 0 Å². The van der Waals surface area contributed by atoms with Crippen molar-refractivity contribution in [1.82, 2.24) is 9.88 Å². The van der Waals surface area contributed by atoms with E-state index >= 15 is 0 Å². The Kier molecular flexibility index (Phi) is 5.84. The third kappa shape index (κ3) is 3.81. The Morgan fingerprint density at radius 3 is 2.71 bits per heavy atom. The number of aromatic nitrogens is 1. The normalized spacial score (nSPS) is 19.7. The van der Waals surface area contributed by atoms with Gasteiger partial charge in [0, 0.05) is 55.0 Å². The summed E-state index contributed by atoms with van der Waals surface area (Å²) in [7, 11) is 1.97. The molecular weight excluding hydrogens is 352 g/mol. The smallest absolute Gasteiger partial charge is 0.168 e. The predicted molar refractivity (Wildman–Crippen MR) is 114 cm³/mol. The van der Waals surface area contributed by atoms with Gasteiger partial charge in [-0.1, -0.05) is 12.5 Å². The van der Waals surface area contributed by atoms with Crippen LogP contribution in [0.5, 0.6) is 0 Å². The molecule has 0 bridgehead atoms. The van der Waals surface area contributed by atoms with Crippen LogP contribution in [0.1, 0.15) is 56.0 Å². The molecule has 2 aromatic rings. The van der Waals surface area contributed by atoms with Gasteiger partial charge in [-0.05, 0) is 49.6 Å². The van der Waals surface area contributed by atoms with E-state index in [9.17, 15) is 10.2 Å². The van der Waals surface area contributed by atoms with Crippen LogP contribution in [-0.2, 0) is 7.05 Å². The number of hydrogen-bond donors (Lipinski definition) is 4. The van der Waals surface area contributed by atoms with Crippen molar-refractivity contribution in [2.24, 2.45) is 12.0 Å². The van der Waals surface area contributed by atoms with Crippen LogP contribution in [0.15, 0.2) is 34.5 Å². The molecule has 0 saturated heterocycles. The largest absolute Gasteiger partial charge is 0.374 e. The Labute approximate surface area is 166 Å². The molecule has 0 spiro atoms. The second-order valence-electron chi connectivity index (χ2n) is 7.89. The minimum atomic E-state index is -0.895. The fraction of sp³-hybridized carbons (Fsp3) is 0.455. The summed E-state index contributed by atoms with van der Waals surface area (Å²) in [4.78, 5) is 4.24. The van der Waals surface area contributed by atoms with Gasteiger partial charge in [-0.15, -0.1) is 0 Å². The number of rotatable bonds is 6. The number of hydrogen-bond acceptors (Lipinski definition) is 5. The summed E-state index contributed by atoms with van der Waals surface area (Å²) in [6, 6.07) is 4.07. The van der Waals surface area contributed by atoms with Crippen LogP contribution in [0.3, 0.4) is 0 Å². The summed E-state index contributed by atoms with van der Waals surface area (Å²) < 4.78 is 2.03. The average Bonchev–Trinajstić information content (AvgIpc) is 2.93. The standard InChI is InChI=1S/C22H30N4O2/c1-12-6-15(4)25-22(28)19(12)10-24-21(27)18-8-16(13(2)9-23)7-17-14(3)11-26(5)20(17)18/h7-9,11,13,21-24,27-28H,6,10H2,1-5H3. The number of aryl methyl sites for hydroxylation is 2. The summed E-state index contributed by atoms with van der Waals surface area (Å²) in [6.07, 6.45) is 2.46. The van der Waals surface area contributed by atoms with Crippen molar-refractivity contribution in [3.8, 4) is 0 Å². The number of fused-ring (bicyclic) bond motifs is 1. The zero-order valence-corrected chi connectivity index (χ0v) is 17.2. The summed E-state index contributed by atoms with van der Waals surface area (Å²) in [5.74, 6) is -0.0302. The van der Waals surface area contributed by atoms with Crippen molar-refractivity contribution >= 4 is 22.8 Å². The number of nitrogens with zero attached hydrogens (tertiary/aromatic N) is 2. The third-order valence-electron chi connectivity index (χ3n) is 5.61. The lowest BCUT2D eigenvalue weighted by atomic mass is 9.95. The molecule has 1 aliphatic rings. The molecule has 3 rings (SSSR count). The fourth-order valence-electron chi connectivity index (χ4n) is 3.98. The SMILES string of the molecule is CC1=NC(O)C(CNC(O)c2cc(C(C)C=N)cc3c(C)cn(C)c23)=C(C)C1. The van der Waals surface area contributed by atoms with Gasteiger partial charge in [-0.2, -0.15) is 0 Å². The third-order valence-corrected chi connectivity index (χ3v) is 5.61. The van der Waals surface area contributed by atoms with Crippen LogP contribution in [-0.4, -0.2) is 39.5 Å². The van der Waals surface area contributed by atoms with E-state index in [1.54, 1.807) is 0 Å². The van der Waals surface area contributed by atoms with Crippen LogP contribution in [0, 0.1) is 12.3 Å². The Morgan fingerprint density at radius 1 is 1.36 bits per heavy atom. The van der Waals surface area contributed by atoms with E-state index in [1.807, 2.05) is 38.5 Å². The van der Waals surface area contributed by atoms with Crippen LogP contribution in [0.4, 0.5) is 0 Å². The molecule has 0 aliphatic carbocycles. The molecule has 28 heavy (non-hydrogen) atoms. The molecule has 0 amide bonds. The number of nitrogens with one attached hydrogen (secondary N) is 2. The lowest BCUT2D eigenvalue weighted by Crippen LogP contribution is -2.30. The molecule has 2 heterocycles. The maximum atomic E-state index is 11.0. The van der Waals surface area contributed by atoms with Gasteiger partial charge < -0.3 is 20.2 Å². The van der Waals surface area contributed by atoms with Gasteiger partial charge >= 0.3 is 0 Å². The highest BCUT2D eigenvalue weighted by Gasteiger charge is 2.22. The molecule has 3 unspecified atom stereocenters. The lowest BCUT2D eigenvalue weighted by Gasteiger charge is -2.24. The minimum Gasteiger partial charge on any atom is -0.374 e. The number of allylic oxidation sites excluding steroid dienone is 1. The molecule has 4 N–H and O–H groups in total. The molecule has 3 atom stereocenters. The first kappa shape index (κ1) is 20.5. The van der Waals surface area contributed by atoms with E-state index in [-0.39, 0.29) is 5.92 Å². The zero-order chi connectivity index (χ0) is 20.6. The molecule has 6 nitrogen and oxygen atoms in total. The second-order valence-corrected chi connectivity index (χ2v) is 7.89. The van der Waals surface area contributed by atoms with Gasteiger partial charge in [-0.25, -0.2) is 0 Å². The molecule has 0 radical (unpaired) electrons. The molecule has 1 aromatic carbocycles. The first-order valence-electron chi connectivity index (χ1n) is 9.64. The molecule has 1 aromatic heterocycles. The van der Waals surface area contributed by atoms with Crippen molar-refractivity contribution in [2.75, 3.05) is 6.54 Å². The Morgan fingerprint density at radius 2 is 2.07 bits per heavy atom. The highest BCUT2D eigenvalue weighted by atomic mass is 16.3. The Balaban J connectivity index is 1.94. The topological polar surface area (TPSA) is 93.6 Å². The van der Waals surface area contributed by atoms with Gasteiger partial charge in [0.1, 0.15) is 6.23 Å². The summed E-state index contributed by atoms with van der Waals surface area (Å²) >= 11 is 0. The van der Waals surface area contributed by atoms with Crippen LogP contribution in [0.25, 0.3) is 10.9 Å². The maximum absolute atomic E-state index is 11.0. The van der Waals surface area contributed by atoms with E-state index < -0.39 is 12.5 Å². The van der Waals surface area contributed by atoms with Crippen molar-refractivity contribution in [1.29, 1.82) is 5.41 Å². The van der Waals surface area contributed by atoms with Crippen LogP contribution >= 0.6 is 0 Å². The second kappa shape index (κ2) is 7.99. The molecular formula is C22H30N4O2. The number of aliphatic imine (C=N–C) groups is 1. The van der Waals surface area contributed by atoms with Crippen molar-refractivity contribution in [3.05, 3.63) is 46.2 Å². The van der Waals surface area contributed by atoms with Gasteiger partial charge in [0.2, 0.25) is 0 Å². The predicted octanol–water partition coefficient (Wildman–Crippen LogP) is 3.32. The molecule has 6 heteroatoms. The van der Waals surface area contributed by atoms with Gasteiger partial charge in [0.25, 0.3) is 0 Å². The minimum absolute atomic E-state index is 0.0302. The average molecular weight is 383 g/mol. The number of aliphatic hydroxyl groups excluding tert-OH is 2. The van der Waals surface area contributed by atoms with Crippen molar-refractivity contribution in [3.63, 3.8) is 0 Å². The summed E-state index contributed by atoms with van der Waals surface area (Å²) in [5, 5.41) is 33.1. The van der Waals surface area contributed by atoms with Gasteiger partial charge in [-0.3, -0.25) is 10.3 Å². The van der Waals surface area contributed by atoms with Gasteiger partial charge in [0.15, 0.2) is 6.23 Å². The van der Waals surface area contributed by atoms with E-state index in [2.05, 4.69) is 29.5 Å². The van der Waals surface area contributed by atoms with E-state index in [4.69, 9.17) is 5.41 Å². The molecule has 150 valence electrons. The van der Waals surface area contributed by atoms with Crippen molar-refractivity contribution in [2.45, 2.75) is 52.5 Å². The number of dihydropyridines is 1. The van der Waals surface area contributed by atoms with E-state index in [0.29, 0.717) is 6.54 Å². The maximum Gasteiger partial charge on any atom is 0.168 e. The fourth-order valence-corrected chi connectivity index (χ4v) is 3.98. The van der Waals surface area contributed by atoms with Crippen LogP contribution < -0.4 is 5.32 Å². The van der Waals surface area contributed by atoms with Crippen molar-refractivity contribution < 1.29 is 10.2 Å². The van der Waals surface area contributed by atoms with E-state index in [0.717, 1.165) is 50.9 Å². The Bertz CT molecular complexity index is 971. The highest BCUT2D eigenvalue weighted by Crippen LogP contribution is 2.31. The first-order chi connectivity index (χ1) is 13.2. The summed E-state index contributed by atoms with van der Waals surface area (Å²) in [5.41, 5.74) is 6.71. The van der Waals surface area contributed by atoms with E-state index in [1.165, 1.54) is 6.21 Å². The first-order valence-corrected chi connectivity index (χ1v) is 9.64. The Hall–Kier alpha value is -2.28. The zero-order valence-electron chi connectivity index (χ0n) is 17.2. The quantitative estimate of drug-likeness (QED) is 0.351. The molecule has 0 fully saturated rings. The monoisotopic (exact) mass is 382 g/mol. The molecule has 0 saturated carbocycles. The molecule has 1 aliphatic heterocycles. The number of benzene rings is 1. The highest BCUT2D eigenvalue weighted by molar-refractivity contribution is 5.88. The lowest BCUT2D eigenvalue weighted by molar-refractivity contribution is 0.138.